The van der Waals surface area contributed by atoms with Gasteiger partial charge < -0.3 is 5.32 Å². The highest BCUT2D eigenvalue weighted by Gasteiger charge is 2.26. The zero-order valence-electron chi connectivity index (χ0n) is 14.9. The zero-order chi connectivity index (χ0) is 18.1. The summed E-state index contributed by atoms with van der Waals surface area (Å²) in [5.41, 5.74) is 6.17. The molecule has 1 aliphatic rings. The summed E-state index contributed by atoms with van der Waals surface area (Å²) >= 11 is 0. The van der Waals surface area contributed by atoms with E-state index in [1.165, 1.54) is 29.2 Å². The Kier molecular flexibility index (Phi) is 4.24. The standard InChI is InChI=1S/C20H21N5O/c1-13-6-7-15(10-14(13)2)25-19-5-3-4-17(16(19)11-23-25)24-20(26)18-12-21-8-9-22-18/h6-12,17H,3-5H2,1-2H3,(H,24,26)/t17-/m1/s1. The van der Waals surface area contributed by atoms with E-state index < -0.39 is 0 Å². The van der Waals surface area contributed by atoms with E-state index >= 15 is 0 Å². The van der Waals surface area contributed by atoms with Crippen molar-refractivity contribution in [1.29, 1.82) is 0 Å². The zero-order valence-corrected chi connectivity index (χ0v) is 14.9. The molecule has 1 atom stereocenters. The molecule has 132 valence electrons. The van der Waals surface area contributed by atoms with Crippen LogP contribution in [0, 0.1) is 13.8 Å². The summed E-state index contributed by atoms with van der Waals surface area (Å²) in [4.78, 5) is 20.5. The summed E-state index contributed by atoms with van der Waals surface area (Å²) in [5, 5.41) is 7.69. The Bertz CT molecular complexity index is 948. The fraction of sp³-hybridized carbons (Fsp3) is 0.300. The van der Waals surface area contributed by atoms with Crippen molar-refractivity contribution in [2.24, 2.45) is 0 Å². The van der Waals surface area contributed by atoms with Crippen LogP contribution in [0.2, 0.25) is 0 Å². The largest absolute Gasteiger partial charge is 0.344 e. The van der Waals surface area contributed by atoms with Gasteiger partial charge in [0.05, 0.1) is 24.1 Å². The molecule has 0 unspecified atom stereocenters. The second-order valence-electron chi connectivity index (χ2n) is 6.74. The molecule has 0 bridgehead atoms. The molecule has 26 heavy (non-hydrogen) atoms. The van der Waals surface area contributed by atoms with Gasteiger partial charge >= 0.3 is 0 Å². The number of carbonyl (C=O) groups is 1. The third-order valence-electron chi connectivity index (χ3n) is 5.02. The molecular weight excluding hydrogens is 326 g/mol. The number of nitrogens with zero attached hydrogens (tertiary/aromatic N) is 4. The van der Waals surface area contributed by atoms with Gasteiger partial charge in [-0.1, -0.05) is 6.07 Å². The summed E-state index contributed by atoms with van der Waals surface area (Å²) in [6.07, 6.45) is 9.32. The molecule has 0 saturated heterocycles. The van der Waals surface area contributed by atoms with Crippen molar-refractivity contribution < 1.29 is 4.79 Å². The third kappa shape index (κ3) is 2.98. The molecular formula is C20H21N5O. The van der Waals surface area contributed by atoms with Crippen molar-refractivity contribution in [2.45, 2.75) is 39.2 Å². The number of rotatable bonds is 3. The number of benzene rings is 1. The average Bonchev–Trinajstić information content (AvgIpc) is 3.10. The highest BCUT2D eigenvalue weighted by atomic mass is 16.1. The van der Waals surface area contributed by atoms with Crippen LogP contribution in [0.15, 0.2) is 43.0 Å². The summed E-state index contributed by atoms with van der Waals surface area (Å²) in [7, 11) is 0. The predicted molar refractivity (Wildman–Crippen MR) is 98.2 cm³/mol. The maximum atomic E-state index is 12.4. The number of aryl methyl sites for hydroxylation is 2. The van der Waals surface area contributed by atoms with E-state index in [1.54, 1.807) is 6.20 Å². The summed E-state index contributed by atoms with van der Waals surface area (Å²) < 4.78 is 2.00. The number of hydrogen-bond donors (Lipinski definition) is 1. The Morgan fingerprint density at radius 3 is 2.85 bits per heavy atom. The van der Waals surface area contributed by atoms with Crippen LogP contribution < -0.4 is 5.32 Å². The molecule has 0 fully saturated rings. The maximum absolute atomic E-state index is 12.4. The fourth-order valence-corrected chi connectivity index (χ4v) is 3.44. The van der Waals surface area contributed by atoms with Crippen LogP contribution in [0.4, 0.5) is 0 Å². The normalized spacial score (nSPS) is 16.2. The molecule has 6 nitrogen and oxygen atoms in total. The van der Waals surface area contributed by atoms with Crippen molar-refractivity contribution in [1.82, 2.24) is 25.1 Å². The Hall–Kier alpha value is -3.02. The Labute approximate surface area is 152 Å². The lowest BCUT2D eigenvalue weighted by Gasteiger charge is -2.24. The number of aromatic nitrogens is 4. The van der Waals surface area contributed by atoms with Crippen LogP contribution in [-0.2, 0) is 6.42 Å². The number of carbonyl (C=O) groups excluding carboxylic acids is 1. The molecule has 2 aromatic heterocycles. The molecule has 0 aliphatic heterocycles. The lowest BCUT2D eigenvalue weighted by atomic mass is 9.92. The van der Waals surface area contributed by atoms with E-state index in [2.05, 4.69) is 52.4 Å². The van der Waals surface area contributed by atoms with E-state index in [1.807, 2.05) is 10.9 Å². The summed E-state index contributed by atoms with van der Waals surface area (Å²) in [5.74, 6) is -0.199. The van der Waals surface area contributed by atoms with Gasteiger partial charge in [-0.15, -0.1) is 0 Å². The van der Waals surface area contributed by atoms with Gasteiger partial charge in [0, 0.05) is 23.7 Å². The molecule has 0 saturated carbocycles. The van der Waals surface area contributed by atoms with Gasteiger partial charge in [-0.25, -0.2) is 9.67 Å². The van der Waals surface area contributed by atoms with Gasteiger partial charge in [0.25, 0.3) is 5.91 Å². The van der Waals surface area contributed by atoms with Gasteiger partial charge in [0.1, 0.15) is 5.69 Å². The second-order valence-corrected chi connectivity index (χ2v) is 6.74. The maximum Gasteiger partial charge on any atom is 0.271 e. The minimum absolute atomic E-state index is 0.0476. The molecule has 0 radical (unpaired) electrons. The van der Waals surface area contributed by atoms with Crippen LogP contribution in [0.25, 0.3) is 5.69 Å². The topological polar surface area (TPSA) is 72.7 Å². The predicted octanol–water partition coefficient (Wildman–Crippen LogP) is 3.09. The van der Waals surface area contributed by atoms with E-state index in [-0.39, 0.29) is 11.9 Å². The molecule has 0 spiro atoms. The molecule has 3 aromatic rings. The lowest BCUT2D eigenvalue weighted by Crippen LogP contribution is -2.31. The van der Waals surface area contributed by atoms with E-state index in [0.29, 0.717) is 5.69 Å². The molecule has 6 heteroatoms. The first-order valence-electron chi connectivity index (χ1n) is 8.85. The third-order valence-corrected chi connectivity index (χ3v) is 5.02. The van der Waals surface area contributed by atoms with Crippen LogP contribution in [0.3, 0.4) is 0 Å². The molecule has 1 amide bonds. The summed E-state index contributed by atoms with van der Waals surface area (Å²) in [6, 6.07) is 6.32. The van der Waals surface area contributed by atoms with Gasteiger partial charge in [-0.05, 0) is 56.4 Å². The van der Waals surface area contributed by atoms with Crippen molar-refractivity contribution in [3.63, 3.8) is 0 Å². The number of hydrogen-bond acceptors (Lipinski definition) is 4. The monoisotopic (exact) mass is 347 g/mol. The Balaban J connectivity index is 1.62. The molecule has 1 aliphatic carbocycles. The molecule has 1 N–H and O–H groups in total. The molecule has 1 aromatic carbocycles. The smallest absolute Gasteiger partial charge is 0.271 e. The number of fused-ring (bicyclic) bond motifs is 1. The van der Waals surface area contributed by atoms with Crippen LogP contribution in [-0.4, -0.2) is 25.7 Å². The minimum Gasteiger partial charge on any atom is -0.344 e. The first kappa shape index (κ1) is 16.4. The molecule has 2 heterocycles. The number of amides is 1. The van der Waals surface area contributed by atoms with Gasteiger partial charge in [0.15, 0.2) is 0 Å². The SMILES string of the molecule is Cc1ccc(-n2ncc3c2CCC[C@H]3NC(=O)c2cnccn2)cc1C. The van der Waals surface area contributed by atoms with Crippen molar-refractivity contribution >= 4 is 5.91 Å². The van der Waals surface area contributed by atoms with E-state index in [0.717, 1.165) is 30.5 Å². The van der Waals surface area contributed by atoms with E-state index in [4.69, 9.17) is 0 Å². The first-order valence-corrected chi connectivity index (χ1v) is 8.85. The van der Waals surface area contributed by atoms with Gasteiger partial charge in [0.2, 0.25) is 0 Å². The highest BCUT2D eigenvalue weighted by Crippen LogP contribution is 2.31. The van der Waals surface area contributed by atoms with Gasteiger partial charge in [-0.3, -0.25) is 9.78 Å². The van der Waals surface area contributed by atoms with Crippen LogP contribution in [0.5, 0.6) is 0 Å². The van der Waals surface area contributed by atoms with Crippen molar-refractivity contribution in [2.75, 3.05) is 0 Å². The van der Waals surface area contributed by atoms with Crippen molar-refractivity contribution in [3.8, 4) is 5.69 Å². The van der Waals surface area contributed by atoms with Crippen LogP contribution >= 0.6 is 0 Å². The Morgan fingerprint density at radius 1 is 1.19 bits per heavy atom. The van der Waals surface area contributed by atoms with Crippen LogP contribution in [0.1, 0.15) is 51.8 Å². The fourth-order valence-electron chi connectivity index (χ4n) is 3.44. The average molecular weight is 347 g/mol. The molecule has 4 rings (SSSR count). The minimum atomic E-state index is -0.199. The van der Waals surface area contributed by atoms with Crippen molar-refractivity contribution in [3.05, 3.63) is 71.1 Å². The van der Waals surface area contributed by atoms with E-state index in [9.17, 15) is 4.79 Å². The first-order chi connectivity index (χ1) is 12.6. The summed E-state index contributed by atoms with van der Waals surface area (Å²) in [6.45, 7) is 4.22. The lowest BCUT2D eigenvalue weighted by molar-refractivity contribution is 0.0927. The van der Waals surface area contributed by atoms with Gasteiger partial charge in [-0.2, -0.15) is 5.10 Å². The highest BCUT2D eigenvalue weighted by molar-refractivity contribution is 5.92. The second kappa shape index (κ2) is 6.71. The quantitative estimate of drug-likeness (QED) is 0.790. The Morgan fingerprint density at radius 2 is 2.08 bits per heavy atom. The number of nitrogens with one attached hydrogen (secondary N) is 1.